The van der Waals surface area contributed by atoms with Crippen molar-refractivity contribution >= 4 is 28.5 Å². The predicted octanol–water partition coefficient (Wildman–Crippen LogP) is 4.51. The van der Waals surface area contributed by atoms with E-state index in [0.29, 0.717) is 11.6 Å². The number of aromatic nitrogens is 1. The molecule has 2 N–H and O–H groups in total. The third kappa shape index (κ3) is 3.03. The number of H-pyrrole nitrogens is 1. The summed E-state index contributed by atoms with van der Waals surface area (Å²) in [6, 6.07) is 13.1. The number of carboxylic acid groups (broad SMARTS) is 1. The fraction of sp³-hybridized carbons (Fsp3) is 0.167. The first-order chi connectivity index (χ1) is 11.1. The Balaban J connectivity index is 2.21. The topological polar surface area (TPSA) is 62.3 Å². The number of nitrogens with one attached hydrogen (secondary N) is 1. The van der Waals surface area contributed by atoms with E-state index in [0.717, 1.165) is 33.5 Å². The van der Waals surface area contributed by atoms with Gasteiger partial charge in [0, 0.05) is 10.9 Å². The van der Waals surface area contributed by atoms with E-state index in [1.165, 1.54) is 0 Å². The Morgan fingerprint density at radius 3 is 2.78 bits per heavy atom. The van der Waals surface area contributed by atoms with Crippen molar-refractivity contribution in [2.45, 2.75) is 13.3 Å². The van der Waals surface area contributed by atoms with Crippen LogP contribution in [0.5, 0.6) is 5.75 Å². The molecule has 2 aromatic carbocycles. The summed E-state index contributed by atoms with van der Waals surface area (Å²) in [5, 5.41) is 10.7. The molecule has 0 bridgehead atoms. The molecule has 0 aliphatic carbocycles. The molecule has 0 aliphatic rings. The second-order valence-corrected chi connectivity index (χ2v) is 5.58. The summed E-state index contributed by atoms with van der Waals surface area (Å²) < 4.78 is 5.53. The molecule has 0 aliphatic heterocycles. The van der Waals surface area contributed by atoms with Crippen molar-refractivity contribution in [3.63, 3.8) is 0 Å². The van der Waals surface area contributed by atoms with Crippen LogP contribution in [0.3, 0.4) is 0 Å². The van der Waals surface area contributed by atoms with Crippen LogP contribution in [0.2, 0.25) is 5.02 Å². The quantitative estimate of drug-likeness (QED) is 0.723. The van der Waals surface area contributed by atoms with Crippen molar-refractivity contribution in [3.8, 4) is 17.0 Å². The lowest BCUT2D eigenvalue weighted by atomic mass is 10.0. The van der Waals surface area contributed by atoms with Crippen LogP contribution in [0.25, 0.3) is 22.2 Å². The zero-order chi connectivity index (χ0) is 16.4. The normalized spacial score (nSPS) is 10.9. The lowest BCUT2D eigenvalue weighted by Crippen LogP contribution is -2.01. The van der Waals surface area contributed by atoms with Gasteiger partial charge in [-0.2, -0.15) is 0 Å². The van der Waals surface area contributed by atoms with Gasteiger partial charge in [-0.1, -0.05) is 35.9 Å². The molecule has 118 valence electrons. The third-order valence-electron chi connectivity index (χ3n) is 3.65. The standard InChI is InChI=1S/C18H16ClNO3/c1-2-23-12-6-3-5-11(9-12)17-14(10-16(21)22)13-7-4-8-15(19)18(13)20-17/h3-9,20H,2,10H2,1H3,(H,21,22). The van der Waals surface area contributed by atoms with E-state index >= 15 is 0 Å². The largest absolute Gasteiger partial charge is 0.494 e. The van der Waals surface area contributed by atoms with Crippen molar-refractivity contribution in [1.29, 1.82) is 0 Å². The molecule has 4 nitrogen and oxygen atoms in total. The Morgan fingerprint density at radius 1 is 1.26 bits per heavy atom. The Kier molecular flexibility index (Phi) is 4.26. The van der Waals surface area contributed by atoms with Gasteiger partial charge in [0.05, 0.1) is 29.3 Å². The molecule has 0 spiro atoms. The number of halogens is 1. The van der Waals surface area contributed by atoms with Gasteiger partial charge in [0.2, 0.25) is 0 Å². The van der Waals surface area contributed by atoms with E-state index in [1.54, 1.807) is 6.07 Å². The van der Waals surface area contributed by atoms with Crippen LogP contribution < -0.4 is 4.74 Å². The molecular formula is C18H16ClNO3. The number of aliphatic carboxylic acids is 1. The molecule has 0 fully saturated rings. The second kappa shape index (κ2) is 6.34. The van der Waals surface area contributed by atoms with Crippen molar-refractivity contribution in [2.75, 3.05) is 6.61 Å². The van der Waals surface area contributed by atoms with Gasteiger partial charge in [0.1, 0.15) is 5.75 Å². The van der Waals surface area contributed by atoms with Gasteiger partial charge < -0.3 is 14.8 Å². The maximum Gasteiger partial charge on any atom is 0.307 e. The van der Waals surface area contributed by atoms with Crippen LogP contribution in [0.1, 0.15) is 12.5 Å². The molecule has 0 saturated heterocycles. The Bertz CT molecular complexity index is 870. The van der Waals surface area contributed by atoms with E-state index in [-0.39, 0.29) is 6.42 Å². The summed E-state index contributed by atoms with van der Waals surface area (Å²) >= 11 is 6.24. The van der Waals surface area contributed by atoms with Crippen molar-refractivity contribution in [3.05, 3.63) is 53.1 Å². The first-order valence-electron chi connectivity index (χ1n) is 7.34. The average molecular weight is 330 g/mol. The number of para-hydroxylation sites is 1. The van der Waals surface area contributed by atoms with Crippen molar-refractivity contribution in [2.24, 2.45) is 0 Å². The van der Waals surface area contributed by atoms with E-state index in [4.69, 9.17) is 16.3 Å². The number of fused-ring (bicyclic) bond motifs is 1. The first-order valence-corrected chi connectivity index (χ1v) is 7.72. The van der Waals surface area contributed by atoms with Crippen LogP contribution >= 0.6 is 11.6 Å². The van der Waals surface area contributed by atoms with Crippen LogP contribution in [0, 0.1) is 0 Å². The van der Waals surface area contributed by atoms with Crippen LogP contribution in [0.15, 0.2) is 42.5 Å². The number of rotatable bonds is 5. The van der Waals surface area contributed by atoms with Gasteiger partial charge >= 0.3 is 5.97 Å². The van der Waals surface area contributed by atoms with E-state index in [9.17, 15) is 9.90 Å². The maximum atomic E-state index is 11.3. The van der Waals surface area contributed by atoms with Gasteiger partial charge in [-0.15, -0.1) is 0 Å². The molecule has 0 saturated carbocycles. The average Bonchev–Trinajstić information content (AvgIpc) is 2.88. The number of carbonyl (C=O) groups is 1. The number of benzene rings is 2. The first kappa shape index (κ1) is 15.4. The van der Waals surface area contributed by atoms with Gasteiger partial charge in [-0.25, -0.2) is 0 Å². The maximum absolute atomic E-state index is 11.3. The molecule has 23 heavy (non-hydrogen) atoms. The number of aromatic amines is 1. The van der Waals surface area contributed by atoms with Crippen LogP contribution in [0.4, 0.5) is 0 Å². The van der Waals surface area contributed by atoms with Gasteiger partial charge in [-0.05, 0) is 30.7 Å². The Morgan fingerprint density at radius 2 is 2.04 bits per heavy atom. The minimum Gasteiger partial charge on any atom is -0.494 e. The highest BCUT2D eigenvalue weighted by atomic mass is 35.5. The summed E-state index contributed by atoms with van der Waals surface area (Å²) in [4.78, 5) is 14.5. The Labute approximate surface area is 138 Å². The predicted molar refractivity (Wildman–Crippen MR) is 91.3 cm³/mol. The number of ether oxygens (including phenoxy) is 1. The van der Waals surface area contributed by atoms with Gasteiger partial charge in [-0.3, -0.25) is 4.79 Å². The number of carboxylic acids is 1. The Hall–Kier alpha value is -2.46. The minimum atomic E-state index is -0.881. The molecule has 3 rings (SSSR count). The number of hydrogen-bond acceptors (Lipinski definition) is 2. The molecule has 0 radical (unpaired) electrons. The summed E-state index contributed by atoms with van der Waals surface area (Å²) in [5.74, 6) is -0.135. The molecule has 3 aromatic rings. The second-order valence-electron chi connectivity index (χ2n) is 5.17. The molecule has 0 atom stereocenters. The van der Waals surface area contributed by atoms with E-state index in [1.807, 2.05) is 43.3 Å². The minimum absolute atomic E-state index is 0.0749. The van der Waals surface area contributed by atoms with E-state index < -0.39 is 5.97 Å². The summed E-state index contributed by atoms with van der Waals surface area (Å²) in [5.41, 5.74) is 3.11. The van der Waals surface area contributed by atoms with Gasteiger partial charge in [0.25, 0.3) is 0 Å². The third-order valence-corrected chi connectivity index (χ3v) is 3.97. The monoisotopic (exact) mass is 329 g/mol. The van der Waals surface area contributed by atoms with Crippen molar-refractivity contribution in [1.82, 2.24) is 4.98 Å². The molecule has 1 aromatic heterocycles. The highest BCUT2D eigenvalue weighted by Gasteiger charge is 2.17. The summed E-state index contributed by atoms with van der Waals surface area (Å²) in [6.07, 6.45) is -0.0749. The lowest BCUT2D eigenvalue weighted by molar-refractivity contribution is -0.136. The smallest absolute Gasteiger partial charge is 0.307 e. The highest BCUT2D eigenvalue weighted by Crippen LogP contribution is 2.35. The lowest BCUT2D eigenvalue weighted by Gasteiger charge is -2.07. The van der Waals surface area contributed by atoms with E-state index in [2.05, 4.69) is 4.98 Å². The molecule has 5 heteroatoms. The van der Waals surface area contributed by atoms with Crippen LogP contribution in [-0.2, 0) is 11.2 Å². The van der Waals surface area contributed by atoms with Crippen molar-refractivity contribution < 1.29 is 14.6 Å². The molecular weight excluding hydrogens is 314 g/mol. The zero-order valence-corrected chi connectivity index (χ0v) is 13.4. The van der Waals surface area contributed by atoms with Gasteiger partial charge in [0.15, 0.2) is 0 Å². The SMILES string of the molecule is CCOc1cccc(-c2[nH]c3c(Cl)cccc3c2CC(=O)O)c1. The molecule has 0 unspecified atom stereocenters. The molecule has 1 heterocycles. The summed E-state index contributed by atoms with van der Waals surface area (Å²) in [7, 11) is 0. The van der Waals surface area contributed by atoms with Crippen LogP contribution in [-0.4, -0.2) is 22.7 Å². The fourth-order valence-electron chi connectivity index (χ4n) is 2.73. The zero-order valence-electron chi connectivity index (χ0n) is 12.6. The molecule has 0 amide bonds. The summed E-state index contributed by atoms with van der Waals surface area (Å²) in [6.45, 7) is 2.50. The highest BCUT2D eigenvalue weighted by molar-refractivity contribution is 6.35. The fourth-order valence-corrected chi connectivity index (χ4v) is 2.95. The number of hydrogen-bond donors (Lipinski definition) is 2.